The minimum Gasteiger partial charge on any atom is -0.467 e. The Bertz CT molecular complexity index is 983. The summed E-state index contributed by atoms with van der Waals surface area (Å²) in [4.78, 5) is 36.5. The maximum atomic E-state index is 16.7. The summed E-state index contributed by atoms with van der Waals surface area (Å²) in [5.74, 6) is -5.97. The van der Waals surface area contributed by atoms with E-state index < -0.39 is 46.0 Å². The molecule has 3 rings (SSSR count). The normalized spacial score (nSPS) is 32.8. The standard InChI is InChI=1S/C22H21BrFNO6/c1-21(28)16(12-26)17(13-6-4-3-5-7-13)19(25(29)30)18(22(21,24)20(27)31-2)14-8-10-15(23)11-9-14/h3-12,16-19,28H,1-2H3/t16-,17-,18-,19-,21-,22+/m0/s1. The smallest absolute Gasteiger partial charge is 0.347 e. The average Bonchev–Trinajstić information content (AvgIpc) is 2.75. The molecule has 1 aliphatic rings. The Labute approximate surface area is 186 Å². The summed E-state index contributed by atoms with van der Waals surface area (Å²) in [7, 11) is 0.929. The number of carbonyl (C=O) groups excluding carboxylic acids is 2. The average molecular weight is 494 g/mol. The Morgan fingerprint density at radius 1 is 1.19 bits per heavy atom. The molecule has 0 spiro atoms. The van der Waals surface area contributed by atoms with Gasteiger partial charge in [0.15, 0.2) is 0 Å². The highest BCUT2D eigenvalue weighted by Gasteiger charge is 2.74. The first kappa shape index (κ1) is 23.0. The zero-order valence-electron chi connectivity index (χ0n) is 16.8. The molecule has 1 fully saturated rings. The van der Waals surface area contributed by atoms with E-state index >= 15 is 4.39 Å². The molecule has 0 aromatic heterocycles. The third-order valence-electron chi connectivity index (χ3n) is 6.20. The monoisotopic (exact) mass is 493 g/mol. The van der Waals surface area contributed by atoms with Gasteiger partial charge in [-0.2, -0.15) is 0 Å². The highest BCUT2D eigenvalue weighted by molar-refractivity contribution is 9.10. The second-order valence-corrected chi connectivity index (χ2v) is 8.67. The van der Waals surface area contributed by atoms with Crippen molar-refractivity contribution < 1.29 is 28.7 Å². The third-order valence-corrected chi connectivity index (χ3v) is 6.73. The van der Waals surface area contributed by atoms with Gasteiger partial charge in [-0.05, 0) is 30.2 Å². The third kappa shape index (κ3) is 3.55. The number of aldehydes is 1. The molecule has 1 N–H and O–H groups in total. The van der Waals surface area contributed by atoms with Crippen LogP contribution in [0.5, 0.6) is 0 Å². The number of hydrogen-bond acceptors (Lipinski definition) is 6. The fourth-order valence-electron chi connectivity index (χ4n) is 4.69. The molecular formula is C22H21BrFNO6. The maximum absolute atomic E-state index is 16.7. The van der Waals surface area contributed by atoms with Crippen LogP contribution in [-0.4, -0.2) is 46.7 Å². The second kappa shape index (κ2) is 8.47. The van der Waals surface area contributed by atoms with Gasteiger partial charge in [0, 0.05) is 9.40 Å². The van der Waals surface area contributed by atoms with Gasteiger partial charge in [0.05, 0.1) is 18.9 Å². The number of halogens is 2. The summed E-state index contributed by atoms with van der Waals surface area (Å²) in [6.45, 7) is 1.01. The van der Waals surface area contributed by atoms with E-state index in [0.717, 1.165) is 14.0 Å². The molecule has 0 aliphatic heterocycles. The molecule has 0 saturated heterocycles. The number of nitrogens with zero attached hydrogens (tertiary/aromatic N) is 1. The first-order valence-corrected chi connectivity index (χ1v) is 10.3. The van der Waals surface area contributed by atoms with Crippen molar-refractivity contribution in [2.45, 2.75) is 36.1 Å². The topological polar surface area (TPSA) is 107 Å². The summed E-state index contributed by atoms with van der Waals surface area (Å²) in [5.41, 5.74) is -5.34. The first-order valence-electron chi connectivity index (χ1n) is 9.50. The quantitative estimate of drug-likeness (QED) is 0.296. The highest BCUT2D eigenvalue weighted by Crippen LogP contribution is 2.57. The van der Waals surface area contributed by atoms with Crippen molar-refractivity contribution >= 4 is 28.2 Å². The molecule has 31 heavy (non-hydrogen) atoms. The van der Waals surface area contributed by atoms with Crippen molar-refractivity contribution in [3.05, 3.63) is 80.3 Å². The van der Waals surface area contributed by atoms with Crippen LogP contribution in [0.4, 0.5) is 4.39 Å². The van der Waals surface area contributed by atoms with Crippen molar-refractivity contribution in [1.82, 2.24) is 0 Å². The van der Waals surface area contributed by atoms with E-state index in [2.05, 4.69) is 20.7 Å². The van der Waals surface area contributed by atoms with Gasteiger partial charge in [0.25, 0.3) is 0 Å². The second-order valence-electron chi connectivity index (χ2n) is 7.75. The number of aliphatic hydroxyl groups is 1. The van der Waals surface area contributed by atoms with Gasteiger partial charge in [-0.25, -0.2) is 9.18 Å². The van der Waals surface area contributed by atoms with Gasteiger partial charge < -0.3 is 14.6 Å². The summed E-state index contributed by atoms with van der Waals surface area (Å²) in [6.07, 6.45) is 0.281. The van der Waals surface area contributed by atoms with Crippen LogP contribution in [0.1, 0.15) is 29.9 Å². The molecule has 1 saturated carbocycles. The highest BCUT2D eigenvalue weighted by atomic mass is 79.9. The van der Waals surface area contributed by atoms with Crippen LogP contribution in [0.25, 0.3) is 0 Å². The lowest BCUT2D eigenvalue weighted by Crippen LogP contribution is -2.71. The molecule has 0 radical (unpaired) electrons. The van der Waals surface area contributed by atoms with E-state index in [1.54, 1.807) is 42.5 Å². The number of methoxy groups -OCH3 is 1. The largest absolute Gasteiger partial charge is 0.467 e. The lowest BCUT2D eigenvalue weighted by atomic mass is 9.53. The SMILES string of the molecule is COC(=O)[C@]1(F)[C@@H](c2ccc(Br)cc2)[C@@H]([N+](=O)[O-])[C@@H](c2ccccc2)[C@H](C=O)[C@]1(C)O. The maximum Gasteiger partial charge on any atom is 0.347 e. The number of ether oxygens (including phenoxy) is 1. The van der Waals surface area contributed by atoms with Crippen LogP contribution in [0, 0.1) is 16.0 Å². The van der Waals surface area contributed by atoms with Crippen LogP contribution in [0.3, 0.4) is 0 Å². The van der Waals surface area contributed by atoms with Crippen molar-refractivity contribution in [1.29, 1.82) is 0 Å². The Morgan fingerprint density at radius 3 is 2.26 bits per heavy atom. The van der Waals surface area contributed by atoms with E-state index in [1.165, 1.54) is 12.1 Å². The Morgan fingerprint density at radius 2 is 1.77 bits per heavy atom. The predicted molar refractivity (Wildman–Crippen MR) is 113 cm³/mol. The minimum atomic E-state index is -3.26. The van der Waals surface area contributed by atoms with Gasteiger partial charge in [-0.15, -0.1) is 0 Å². The zero-order chi connectivity index (χ0) is 23.0. The van der Waals surface area contributed by atoms with E-state index in [9.17, 15) is 24.8 Å². The number of hydrogen-bond donors (Lipinski definition) is 1. The zero-order valence-corrected chi connectivity index (χ0v) is 18.4. The van der Waals surface area contributed by atoms with Crippen molar-refractivity contribution in [2.24, 2.45) is 5.92 Å². The van der Waals surface area contributed by atoms with Crippen LogP contribution < -0.4 is 0 Å². The lowest BCUT2D eigenvalue weighted by Gasteiger charge is -2.52. The molecule has 0 amide bonds. The minimum absolute atomic E-state index is 0.128. The Balaban J connectivity index is 2.38. The Kier molecular flexibility index (Phi) is 6.29. The molecule has 9 heteroatoms. The van der Waals surface area contributed by atoms with Crippen LogP contribution in [-0.2, 0) is 14.3 Å². The summed E-state index contributed by atoms with van der Waals surface area (Å²) in [6, 6.07) is 12.4. The predicted octanol–water partition coefficient (Wildman–Crippen LogP) is 3.42. The van der Waals surface area contributed by atoms with Crippen molar-refractivity contribution in [2.75, 3.05) is 7.11 Å². The van der Waals surface area contributed by atoms with Crippen molar-refractivity contribution in [3.63, 3.8) is 0 Å². The number of nitro groups is 1. The summed E-state index contributed by atoms with van der Waals surface area (Å²) >= 11 is 3.26. The molecule has 164 valence electrons. The molecule has 0 heterocycles. The lowest BCUT2D eigenvalue weighted by molar-refractivity contribution is -0.542. The fourth-order valence-corrected chi connectivity index (χ4v) is 4.96. The van der Waals surface area contributed by atoms with Gasteiger partial charge in [-0.3, -0.25) is 10.1 Å². The molecule has 7 nitrogen and oxygen atoms in total. The number of carbonyl (C=O) groups is 2. The van der Waals surface area contributed by atoms with Crippen LogP contribution >= 0.6 is 15.9 Å². The molecule has 6 atom stereocenters. The van der Waals surface area contributed by atoms with Crippen molar-refractivity contribution in [3.8, 4) is 0 Å². The Hall–Kier alpha value is -2.65. The van der Waals surface area contributed by atoms with Gasteiger partial charge in [0.2, 0.25) is 11.7 Å². The molecular weight excluding hydrogens is 473 g/mol. The number of alkyl halides is 1. The van der Waals surface area contributed by atoms with E-state index in [4.69, 9.17) is 0 Å². The van der Waals surface area contributed by atoms with Gasteiger partial charge in [0.1, 0.15) is 17.8 Å². The van der Waals surface area contributed by atoms with Crippen LogP contribution in [0.15, 0.2) is 59.1 Å². The van der Waals surface area contributed by atoms with Gasteiger partial charge >= 0.3 is 5.97 Å². The van der Waals surface area contributed by atoms with Gasteiger partial charge in [-0.1, -0.05) is 58.4 Å². The van der Waals surface area contributed by atoms with E-state index in [-0.39, 0.29) is 11.8 Å². The number of rotatable bonds is 5. The molecule has 2 aromatic rings. The molecule has 1 aliphatic carbocycles. The number of esters is 1. The molecule has 2 aromatic carbocycles. The summed E-state index contributed by atoms with van der Waals surface area (Å²) < 4.78 is 22.0. The summed E-state index contributed by atoms with van der Waals surface area (Å²) in [5, 5.41) is 23.7. The molecule has 0 bridgehead atoms. The molecule has 0 unspecified atom stereocenters. The fraction of sp³-hybridized carbons (Fsp3) is 0.364. The van der Waals surface area contributed by atoms with E-state index in [0.29, 0.717) is 10.0 Å². The van der Waals surface area contributed by atoms with Crippen LogP contribution in [0.2, 0.25) is 0 Å². The van der Waals surface area contributed by atoms with E-state index in [1.807, 2.05) is 0 Å². The first-order chi connectivity index (χ1) is 14.6. The number of benzene rings is 2.